The fraction of sp³-hybridized carbons (Fsp3) is 0.263. The first-order chi connectivity index (χ1) is 11.3. The molecule has 0 bridgehead atoms. The Morgan fingerprint density at radius 1 is 1.04 bits per heavy atom. The van der Waals surface area contributed by atoms with Gasteiger partial charge in [0.05, 0.1) is 24.4 Å². The average molecular weight is 310 g/mol. The molecule has 1 heterocycles. The van der Waals surface area contributed by atoms with E-state index in [1.54, 1.807) is 0 Å². The summed E-state index contributed by atoms with van der Waals surface area (Å²) in [4.78, 5) is 3.41. The number of hydrogen-bond acceptors (Lipinski definition) is 3. The zero-order chi connectivity index (χ0) is 16.1. The second kappa shape index (κ2) is 7.31. The van der Waals surface area contributed by atoms with E-state index in [4.69, 9.17) is 15.6 Å². The maximum Gasteiger partial charge on any atom is 0.0697 e. The van der Waals surface area contributed by atoms with Crippen molar-refractivity contribution in [2.45, 2.75) is 12.8 Å². The first-order valence-electron chi connectivity index (χ1n) is 7.93. The van der Waals surface area contributed by atoms with Gasteiger partial charge in [-0.3, -0.25) is 0 Å². The molecule has 0 radical (unpaired) electrons. The SMILES string of the molecule is Nc1cc(CCCOCCO)cc2cc(-c3ccccc3)[nH]c12. The summed E-state index contributed by atoms with van der Waals surface area (Å²) in [5, 5.41) is 9.82. The van der Waals surface area contributed by atoms with Crippen molar-refractivity contribution in [3.8, 4) is 11.3 Å². The molecule has 2 aromatic carbocycles. The van der Waals surface area contributed by atoms with E-state index in [1.807, 2.05) is 24.3 Å². The Labute approximate surface area is 135 Å². The number of aromatic nitrogens is 1. The van der Waals surface area contributed by atoms with Crippen LogP contribution in [0.15, 0.2) is 48.5 Å². The molecular weight excluding hydrogens is 288 g/mol. The van der Waals surface area contributed by atoms with E-state index in [2.05, 4.69) is 29.2 Å². The highest BCUT2D eigenvalue weighted by molar-refractivity contribution is 5.94. The number of fused-ring (bicyclic) bond motifs is 1. The molecule has 23 heavy (non-hydrogen) atoms. The topological polar surface area (TPSA) is 71.3 Å². The van der Waals surface area contributed by atoms with Crippen LogP contribution in [0.2, 0.25) is 0 Å². The van der Waals surface area contributed by atoms with E-state index in [9.17, 15) is 0 Å². The van der Waals surface area contributed by atoms with Gasteiger partial charge in [0.2, 0.25) is 0 Å². The average Bonchev–Trinajstić information content (AvgIpc) is 3.00. The molecule has 0 unspecified atom stereocenters. The van der Waals surface area contributed by atoms with Gasteiger partial charge >= 0.3 is 0 Å². The highest BCUT2D eigenvalue weighted by atomic mass is 16.5. The molecule has 120 valence electrons. The van der Waals surface area contributed by atoms with Gasteiger partial charge in [-0.05, 0) is 42.2 Å². The van der Waals surface area contributed by atoms with E-state index in [-0.39, 0.29) is 6.61 Å². The van der Waals surface area contributed by atoms with Gasteiger partial charge in [0, 0.05) is 17.7 Å². The molecule has 4 N–H and O–H groups in total. The van der Waals surface area contributed by atoms with Crippen LogP contribution in [0.5, 0.6) is 0 Å². The van der Waals surface area contributed by atoms with E-state index in [0.717, 1.165) is 40.7 Å². The minimum atomic E-state index is 0.0739. The number of rotatable bonds is 7. The van der Waals surface area contributed by atoms with Crippen LogP contribution in [0, 0.1) is 0 Å². The van der Waals surface area contributed by atoms with Crippen molar-refractivity contribution < 1.29 is 9.84 Å². The molecule has 3 rings (SSSR count). The van der Waals surface area contributed by atoms with E-state index in [1.165, 1.54) is 5.56 Å². The third-order valence-electron chi connectivity index (χ3n) is 3.89. The van der Waals surface area contributed by atoms with Gasteiger partial charge < -0.3 is 20.6 Å². The molecule has 0 atom stereocenters. The Morgan fingerprint density at radius 3 is 2.65 bits per heavy atom. The van der Waals surface area contributed by atoms with Crippen molar-refractivity contribution in [3.63, 3.8) is 0 Å². The largest absolute Gasteiger partial charge is 0.397 e. The number of aromatic amines is 1. The van der Waals surface area contributed by atoms with Crippen molar-refractivity contribution in [1.82, 2.24) is 4.98 Å². The number of nitrogens with two attached hydrogens (primary N) is 1. The number of nitrogen functional groups attached to an aromatic ring is 1. The Kier molecular flexibility index (Phi) is 4.95. The first kappa shape index (κ1) is 15.6. The normalized spacial score (nSPS) is 11.2. The van der Waals surface area contributed by atoms with Gasteiger partial charge in [-0.2, -0.15) is 0 Å². The number of benzene rings is 2. The van der Waals surface area contributed by atoms with Crippen LogP contribution in [0.4, 0.5) is 5.69 Å². The first-order valence-corrected chi connectivity index (χ1v) is 7.93. The number of ether oxygens (including phenoxy) is 1. The van der Waals surface area contributed by atoms with Gasteiger partial charge in [0.15, 0.2) is 0 Å². The summed E-state index contributed by atoms with van der Waals surface area (Å²) >= 11 is 0. The summed E-state index contributed by atoms with van der Waals surface area (Å²) < 4.78 is 5.30. The minimum Gasteiger partial charge on any atom is -0.397 e. The monoisotopic (exact) mass is 310 g/mol. The number of aryl methyl sites for hydroxylation is 1. The Hall–Kier alpha value is -2.30. The molecule has 4 nitrogen and oxygen atoms in total. The lowest BCUT2D eigenvalue weighted by molar-refractivity contribution is 0.0909. The zero-order valence-corrected chi connectivity index (χ0v) is 13.1. The molecule has 0 spiro atoms. The quantitative estimate of drug-likeness (QED) is 0.463. The van der Waals surface area contributed by atoms with E-state index >= 15 is 0 Å². The molecule has 0 amide bonds. The zero-order valence-electron chi connectivity index (χ0n) is 13.1. The number of nitrogens with one attached hydrogen (secondary N) is 1. The molecule has 3 aromatic rings. The predicted octanol–water partition coefficient (Wildman–Crippen LogP) is 3.36. The number of aliphatic hydroxyl groups is 1. The van der Waals surface area contributed by atoms with Gasteiger partial charge in [-0.15, -0.1) is 0 Å². The summed E-state index contributed by atoms with van der Waals surface area (Å²) in [7, 11) is 0. The van der Waals surface area contributed by atoms with Crippen LogP contribution >= 0.6 is 0 Å². The van der Waals surface area contributed by atoms with Crippen LogP contribution in [0.3, 0.4) is 0 Å². The second-order valence-electron chi connectivity index (χ2n) is 5.64. The number of H-pyrrole nitrogens is 1. The highest BCUT2D eigenvalue weighted by Gasteiger charge is 2.07. The Morgan fingerprint density at radius 2 is 1.87 bits per heavy atom. The van der Waals surface area contributed by atoms with Crippen LogP contribution in [0.1, 0.15) is 12.0 Å². The van der Waals surface area contributed by atoms with Crippen LogP contribution in [0.25, 0.3) is 22.2 Å². The maximum atomic E-state index is 8.69. The fourth-order valence-electron chi connectivity index (χ4n) is 2.80. The maximum absolute atomic E-state index is 8.69. The minimum absolute atomic E-state index is 0.0739. The van der Waals surface area contributed by atoms with Gasteiger partial charge in [-0.1, -0.05) is 30.3 Å². The number of hydrogen-bond donors (Lipinski definition) is 3. The van der Waals surface area contributed by atoms with Crippen molar-refractivity contribution in [2.75, 3.05) is 25.6 Å². The predicted molar refractivity (Wildman–Crippen MR) is 94.4 cm³/mol. The lowest BCUT2D eigenvalue weighted by Crippen LogP contribution is -2.02. The summed E-state index contributed by atoms with van der Waals surface area (Å²) in [5.41, 5.74) is 11.4. The summed E-state index contributed by atoms with van der Waals surface area (Å²) in [6.07, 6.45) is 1.83. The van der Waals surface area contributed by atoms with Gasteiger partial charge in [0.1, 0.15) is 0 Å². The lowest BCUT2D eigenvalue weighted by Gasteiger charge is -2.05. The third-order valence-corrected chi connectivity index (χ3v) is 3.89. The standard InChI is InChI=1S/C19H22N2O2/c20-17-12-14(5-4-9-23-10-8-22)11-16-13-18(21-19(16)17)15-6-2-1-3-7-15/h1-3,6-7,11-13,21-22H,4-5,8-10,20H2. The van der Waals surface area contributed by atoms with Crippen molar-refractivity contribution in [1.29, 1.82) is 0 Å². The van der Waals surface area contributed by atoms with E-state index < -0.39 is 0 Å². The van der Waals surface area contributed by atoms with Crippen LogP contribution in [-0.2, 0) is 11.2 Å². The van der Waals surface area contributed by atoms with E-state index in [0.29, 0.717) is 13.2 Å². The van der Waals surface area contributed by atoms with Gasteiger partial charge in [-0.25, -0.2) is 0 Å². The van der Waals surface area contributed by atoms with Crippen molar-refractivity contribution in [2.24, 2.45) is 0 Å². The van der Waals surface area contributed by atoms with Gasteiger partial charge in [0.25, 0.3) is 0 Å². The van der Waals surface area contributed by atoms with Crippen LogP contribution < -0.4 is 5.73 Å². The molecule has 0 aliphatic heterocycles. The molecule has 0 saturated heterocycles. The number of anilines is 1. The second-order valence-corrected chi connectivity index (χ2v) is 5.64. The molecule has 0 fully saturated rings. The molecule has 0 aliphatic rings. The smallest absolute Gasteiger partial charge is 0.0697 e. The third kappa shape index (κ3) is 3.73. The Balaban J connectivity index is 1.78. The summed E-state index contributed by atoms with van der Waals surface area (Å²) in [6, 6.07) is 16.6. The lowest BCUT2D eigenvalue weighted by atomic mass is 10.1. The van der Waals surface area contributed by atoms with Crippen molar-refractivity contribution >= 4 is 16.6 Å². The highest BCUT2D eigenvalue weighted by Crippen LogP contribution is 2.29. The van der Waals surface area contributed by atoms with Crippen molar-refractivity contribution in [3.05, 3.63) is 54.1 Å². The molecular formula is C19H22N2O2. The van der Waals surface area contributed by atoms with Crippen LogP contribution in [-0.4, -0.2) is 29.9 Å². The number of aliphatic hydroxyl groups excluding tert-OH is 1. The summed E-state index contributed by atoms with van der Waals surface area (Å²) in [5.74, 6) is 0. The summed E-state index contributed by atoms with van der Waals surface area (Å²) in [6.45, 7) is 1.13. The molecule has 4 heteroatoms. The Bertz CT molecular complexity index is 766. The fourth-order valence-corrected chi connectivity index (χ4v) is 2.80. The molecule has 0 saturated carbocycles. The molecule has 1 aromatic heterocycles. The molecule has 0 aliphatic carbocycles.